The molecule has 0 spiro atoms. The van der Waals surface area contributed by atoms with Gasteiger partial charge >= 0.3 is 6.36 Å². The van der Waals surface area contributed by atoms with Crippen LogP contribution >= 0.6 is 31.9 Å². The zero-order valence-electron chi connectivity index (χ0n) is 7.11. The van der Waals surface area contributed by atoms with Crippen LogP contribution in [0.1, 0.15) is 5.56 Å². The van der Waals surface area contributed by atoms with Crippen LogP contribution in [0.5, 0.6) is 5.88 Å². The van der Waals surface area contributed by atoms with Gasteiger partial charge in [0.25, 0.3) is 0 Å². The average Bonchev–Trinajstić information content (AvgIpc) is 1.99. The zero-order valence-corrected chi connectivity index (χ0v) is 10.3. The highest BCUT2D eigenvalue weighted by molar-refractivity contribution is 9.11. The molecule has 0 aliphatic carbocycles. The fourth-order valence-electron chi connectivity index (χ4n) is 0.869. The molecule has 84 valence electrons. The molecule has 0 atom stereocenters. The van der Waals surface area contributed by atoms with Crippen LogP contribution in [0.15, 0.2) is 15.1 Å². The summed E-state index contributed by atoms with van der Waals surface area (Å²) < 4.78 is 40.3. The molecule has 0 aliphatic heterocycles. The standard InChI is InChI=1S/C7H5Br2F3N2O/c8-4-1-5(9)14-6(3(4)2-13)15-7(10,11)12/h1H,2,13H2. The highest BCUT2D eigenvalue weighted by Crippen LogP contribution is 2.31. The van der Waals surface area contributed by atoms with Crippen molar-refractivity contribution in [1.82, 2.24) is 4.98 Å². The van der Waals surface area contributed by atoms with E-state index in [-0.39, 0.29) is 16.7 Å². The van der Waals surface area contributed by atoms with Crippen LogP contribution in [0.25, 0.3) is 0 Å². The van der Waals surface area contributed by atoms with Crippen LogP contribution in [-0.2, 0) is 6.54 Å². The maximum Gasteiger partial charge on any atom is 0.574 e. The summed E-state index contributed by atoms with van der Waals surface area (Å²) in [6.07, 6.45) is -4.78. The Morgan fingerprint density at radius 3 is 2.47 bits per heavy atom. The molecule has 0 saturated carbocycles. The number of rotatable bonds is 2. The van der Waals surface area contributed by atoms with E-state index in [1.54, 1.807) is 0 Å². The van der Waals surface area contributed by atoms with E-state index in [2.05, 4.69) is 41.6 Å². The first-order valence-electron chi connectivity index (χ1n) is 3.64. The van der Waals surface area contributed by atoms with Crippen molar-refractivity contribution in [2.24, 2.45) is 5.73 Å². The van der Waals surface area contributed by atoms with Gasteiger partial charge in [-0.15, -0.1) is 13.2 Å². The SMILES string of the molecule is NCc1c(Br)cc(Br)nc1OC(F)(F)F. The second-order valence-corrected chi connectivity index (χ2v) is 4.13. The summed E-state index contributed by atoms with van der Waals surface area (Å²) >= 11 is 6.02. The minimum Gasteiger partial charge on any atom is -0.387 e. The maximum atomic E-state index is 12.0. The van der Waals surface area contributed by atoms with Gasteiger partial charge in [-0.25, -0.2) is 4.98 Å². The number of hydrogen-bond acceptors (Lipinski definition) is 3. The maximum absolute atomic E-state index is 12.0. The first-order chi connectivity index (χ1) is 6.83. The molecule has 1 aromatic rings. The van der Waals surface area contributed by atoms with Gasteiger partial charge in [0.2, 0.25) is 5.88 Å². The van der Waals surface area contributed by atoms with E-state index in [1.165, 1.54) is 6.07 Å². The number of nitrogens with two attached hydrogens (primary N) is 1. The number of halogens is 5. The molecule has 8 heteroatoms. The highest BCUT2D eigenvalue weighted by atomic mass is 79.9. The molecule has 1 rings (SSSR count). The van der Waals surface area contributed by atoms with Crippen molar-refractivity contribution in [1.29, 1.82) is 0 Å². The van der Waals surface area contributed by atoms with Gasteiger partial charge in [0, 0.05) is 16.6 Å². The summed E-state index contributed by atoms with van der Waals surface area (Å²) in [5.74, 6) is -0.550. The monoisotopic (exact) mass is 348 g/mol. The van der Waals surface area contributed by atoms with Gasteiger partial charge in [-0.2, -0.15) is 0 Å². The molecule has 2 N–H and O–H groups in total. The third-order valence-corrected chi connectivity index (χ3v) is 2.53. The van der Waals surface area contributed by atoms with E-state index < -0.39 is 12.2 Å². The van der Waals surface area contributed by atoms with Gasteiger partial charge in [-0.3, -0.25) is 0 Å². The lowest BCUT2D eigenvalue weighted by Crippen LogP contribution is -2.20. The third-order valence-electron chi connectivity index (χ3n) is 1.42. The van der Waals surface area contributed by atoms with Crippen molar-refractivity contribution in [3.63, 3.8) is 0 Å². The van der Waals surface area contributed by atoms with E-state index in [0.29, 0.717) is 4.47 Å². The van der Waals surface area contributed by atoms with Crippen LogP contribution in [-0.4, -0.2) is 11.3 Å². The molecule has 0 unspecified atom stereocenters. The molecule has 0 amide bonds. The molecular weight excluding hydrogens is 345 g/mol. The average molecular weight is 350 g/mol. The summed E-state index contributed by atoms with van der Waals surface area (Å²) in [7, 11) is 0. The summed E-state index contributed by atoms with van der Waals surface area (Å²) in [4.78, 5) is 3.55. The summed E-state index contributed by atoms with van der Waals surface area (Å²) in [5, 5.41) is 0. The lowest BCUT2D eigenvalue weighted by Gasteiger charge is -2.12. The summed E-state index contributed by atoms with van der Waals surface area (Å²) in [5.41, 5.74) is 5.45. The summed E-state index contributed by atoms with van der Waals surface area (Å²) in [6.45, 7) is -0.105. The lowest BCUT2D eigenvalue weighted by atomic mass is 10.3. The molecule has 15 heavy (non-hydrogen) atoms. The Kier molecular flexibility index (Phi) is 3.96. The van der Waals surface area contributed by atoms with Gasteiger partial charge in [-0.05, 0) is 22.0 Å². The Hall–Kier alpha value is -0.340. The van der Waals surface area contributed by atoms with Gasteiger partial charge in [0.05, 0.1) is 0 Å². The third kappa shape index (κ3) is 3.62. The van der Waals surface area contributed by atoms with E-state index >= 15 is 0 Å². The Morgan fingerprint density at radius 2 is 2.00 bits per heavy atom. The van der Waals surface area contributed by atoms with Crippen molar-refractivity contribution < 1.29 is 17.9 Å². The van der Waals surface area contributed by atoms with Crippen molar-refractivity contribution in [2.45, 2.75) is 12.9 Å². The van der Waals surface area contributed by atoms with Gasteiger partial charge in [0.15, 0.2) is 0 Å². The molecule has 0 aliphatic rings. The number of alkyl halides is 3. The van der Waals surface area contributed by atoms with Crippen molar-refractivity contribution in [3.05, 3.63) is 20.7 Å². The fourth-order valence-corrected chi connectivity index (χ4v) is 2.11. The van der Waals surface area contributed by atoms with E-state index in [0.717, 1.165) is 0 Å². The second kappa shape index (κ2) is 4.67. The van der Waals surface area contributed by atoms with E-state index in [1.807, 2.05) is 0 Å². The van der Waals surface area contributed by atoms with Crippen LogP contribution in [0.4, 0.5) is 13.2 Å². The predicted octanol–water partition coefficient (Wildman–Crippen LogP) is 2.96. The molecule has 0 saturated heterocycles. The topological polar surface area (TPSA) is 48.1 Å². The molecule has 3 nitrogen and oxygen atoms in total. The molecule has 0 radical (unpaired) electrons. The Morgan fingerprint density at radius 1 is 1.40 bits per heavy atom. The van der Waals surface area contributed by atoms with Crippen LogP contribution in [0, 0.1) is 0 Å². The number of ether oxygens (including phenoxy) is 1. The number of aromatic nitrogens is 1. The van der Waals surface area contributed by atoms with Gasteiger partial charge in [-0.1, -0.05) is 15.9 Å². The van der Waals surface area contributed by atoms with Crippen LogP contribution in [0.2, 0.25) is 0 Å². The minimum absolute atomic E-state index is 0.105. The largest absolute Gasteiger partial charge is 0.574 e. The smallest absolute Gasteiger partial charge is 0.387 e. The predicted molar refractivity (Wildman–Crippen MR) is 54.2 cm³/mol. The quantitative estimate of drug-likeness (QED) is 0.835. The molecule has 1 heterocycles. The number of hydrogen-bond donors (Lipinski definition) is 1. The second-order valence-electron chi connectivity index (χ2n) is 2.46. The zero-order chi connectivity index (χ0) is 11.6. The van der Waals surface area contributed by atoms with E-state index in [4.69, 9.17) is 5.73 Å². The number of nitrogens with zero attached hydrogens (tertiary/aromatic N) is 1. The first-order valence-corrected chi connectivity index (χ1v) is 5.23. The molecule has 0 bridgehead atoms. The first kappa shape index (κ1) is 12.7. The van der Waals surface area contributed by atoms with E-state index in [9.17, 15) is 13.2 Å². The van der Waals surface area contributed by atoms with Crippen molar-refractivity contribution in [3.8, 4) is 5.88 Å². The van der Waals surface area contributed by atoms with Crippen molar-refractivity contribution >= 4 is 31.9 Å². The Labute approximate surface area is 100 Å². The molecular formula is C7H5Br2F3N2O. The van der Waals surface area contributed by atoms with Crippen LogP contribution in [0.3, 0.4) is 0 Å². The minimum atomic E-state index is -4.78. The Bertz CT molecular complexity index is 370. The number of pyridine rings is 1. The summed E-state index contributed by atoms with van der Waals surface area (Å²) in [6, 6.07) is 1.49. The van der Waals surface area contributed by atoms with Gasteiger partial charge in [0.1, 0.15) is 4.60 Å². The molecule has 0 aromatic carbocycles. The van der Waals surface area contributed by atoms with Crippen LogP contribution < -0.4 is 10.5 Å². The fraction of sp³-hybridized carbons (Fsp3) is 0.286. The Balaban J connectivity index is 3.15. The normalized spacial score (nSPS) is 11.6. The highest BCUT2D eigenvalue weighted by Gasteiger charge is 2.33. The lowest BCUT2D eigenvalue weighted by molar-refractivity contribution is -0.276. The molecule has 0 fully saturated rings. The molecule has 1 aromatic heterocycles. The van der Waals surface area contributed by atoms with Crippen molar-refractivity contribution in [2.75, 3.05) is 0 Å². The van der Waals surface area contributed by atoms with Gasteiger partial charge < -0.3 is 10.5 Å².